The van der Waals surface area contributed by atoms with E-state index in [1.54, 1.807) is 0 Å². The van der Waals surface area contributed by atoms with Crippen LogP contribution < -0.4 is 5.32 Å². The number of rotatable bonds is 4. The van der Waals surface area contributed by atoms with E-state index in [2.05, 4.69) is 5.32 Å². The van der Waals surface area contributed by atoms with Crippen LogP contribution in [0.3, 0.4) is 0 Å². The Morgan fingerprint density at radius 1 is 1.24 bits per heavy atom. The Labute approximate surface area is 130 Å². The van der Waals surface area contributed by atoms with Crippen LogP contribution in [0.1, 0.15) is 30.3 Å². The lowest BCUT2D eigenvalue weighted by atomic mass is 10.1. The molecule has 1 heterocycles. The first-order chi connectivity index (χ1) is 9.82. The lowest BCUT2D eigenvalue weighted by Crippen LogP contribution is -2.16. The van der Waals surface area contributed by atoms with Gasteiger partial charge in [0.2, 0.25) is 0 Å². The standard InChI is InChI=1S/C15H15ClF3NS/c1-3-20-9(2)13-6-7-14(21-13)11-5-4-10(8-12(11)16)15(17,18)19/h4-9,20H,3H2,1-2H3. The summed E-state index contributed by atoms with van der Waals surface area (Å²) in [6.07, 6.45) is -4.37. The van der Waals surface area contributed by atoms with Gasteiger partial charge >= 0.3 is 6.18 Å². The first kappa shape index (κ1) is 16.3. The lowest BCUT2D eigenvalue weighted by molar-refractivity contribution is -0.137. The fraction of sp³-hybridized carbons (Fsp3) is 0.333. The van der Waals surface area contributed by atoms with Crippen LogP contribution in [0.15, 0.2) is 30.3 Å². The molecule has 21 heavy (non-hydrogen) atoms. The number of halogens is 4. The average molecular weight is 334 g/mol. The molecule has 0 amide bonds. The highest BCUT2D eigenvalue weighted by atomic mass is 35.5. The van der Waals surface area contributed by atoms with Crippen LogP contribution in [-0.2, 0) is 6.18 Å². The summed E-state index contributed by atoms with van der Waals surface area (Å²) in [4.78, 5) is 2.00. The quantitative estimate of drug-likeness (QED) is 0.750. The van der Waals surface area contributed by atoms with Crippen molar-refractivity contribution in [3.05, 3.63) is 45.8 Å². The second-order valence-corrected chi connectivity index (χ2v) is 6.20. The minimum atomic E-state index is -4.37. The van der Waals surface area contributed by atoms with E-state index in [9.17, 15) is 13.2 Å². The van der Waals surface area contributed by atoms with Crippen LogP contribution in [0.5, 0.6) is 0 Å². The molecule has 1 aromatic carbocycles. The number of hydrogen-bond acceptors (Lipinski definition) is 2. The number of hydrogen-bond donors (Lipinski definition) is 1. The van der Waals surface area contributed by atoms with Crippen molar-refractivity contribution < 1.29 is 13.2 Å². The maximum absolute atomic E-state index is 12.6. The van der Waals surface area contributed by atoms with Gasteiger partial charge in [-0.15, -0.1) is 11.3 Å². The van der Waals surface area contributed by atoms with Gasteiger partial charge in [-0.2, -0.15) is 13.2 Å². The molecule has 1 nitrogen and oxygen atoms in total. The van der Waals surface area contributed by atoms with Crippen molar-refractivity contribution in [2.45, 2.75) is 26.1 Å². The highest BCUT2D eigenvalue weighted by Crippen LogP contribution is 2.38. The zero-order chi connectivity index (χ0) is 15.6. The van der Waals surface area contributed by atoms with Gasteiger partial charge in [-0.1, -0.05) is 24.6 Å². The molecule has 1 N–H and O–H groups in total. The van der Waals surface area contributed by atoms with Gasteiger partial charge in [0.1, 0.15) is 0 Å². The molecule has 0 aliphatic carbocycles. The fourth-order valence-electron chi connectivity index (χ4n) is 2.03. The van der Waals surface area contributed by atoms with Gasteiger partial charge in [0, 0.05) is 26.4 Å². The monoisotopic (exact) mass is 333 g/mol. The lowest BCUT2D eigenvalue weighted by Gasteiger charge is -2.10. The summed E-state index contributed by atoms with van der Waals surface area (Å²) in [5.74, 6) is 0. The molecule has 1 aromatic heterocycles. The van der Waals surface area contributed by atoms with E-state index in [0.717, 1.165) is 28.4 Å². The van der Waals surface area contributed by atoms with E-state index >= 15 is 0 Å². The third kappa shape index (κ3) is 3.78. The average Bonchev–Trinajstić information content (AvgIpc) is 2.87. The fourth-order valence-corrected chi connectivity index (χ4v) is 3.44. The molecule has 0 saturated carbocycles. The molecule has 1 unspecified atom stereocenters. The van der Waals surface area contributed by atoms with E-state index in [0.29, 0.717) is 5.56 Å². The smallest absolute Gasteiger partial charge is 0.310 e. The second-order valence-electron chi connectivity index (χ2n) is 4.67. The Balaban J connectivity index is 2.31. The predicted octanol–water partition coefficient (Wildman–Crippen LogP) is 5.76. The van der Waals surface area contributed by atoms with E-state index < -0.39 is 11.7 Å². The Morgan fingerprint density at radius 3 is 2.52 bits per heavy atom. The Morgan fingerprint density at radius 2 is 1.95 bits per heavy atom. The summed E-state index contributed by atoms with van der Waals surface area (Å²) >= 11 is 7.54. The van der Waals surface area contributed by atoms with Crippen molar-refractivity contribution in [2.24, 2.45) is 0 Å². The van der Waals surface area contributed by atoms with Crippen LogP contribution in [0.4, 0.5) is 13.2 Å². The number of benzene rings is 1. The van der Waals surface area contributed by atoms with E-state index in [-0.39, 0.29) is 11.1 Å². The van der Waals surface area contributed by atoms with Gasteiger partial charge in [0.25, 0.3) is 0 Å². The molecule has 0 aliphatic rings. The van der Waals surface area contributed by atoms with Crippen molar-refractivity contribution in [3.63, 3.8) is 0 Å². The summed E-state index contributed by atoms with van der Waals surface area (Å²) in [7, 11) is 0. The van der Waals surface area contributed by atoms with E-state index in [4.69, 9.17) is 11.6 Å². The zero-order valence-electron chi connectivity index (χ0n) is 11.6. The number of thiophene rings is 1. The minimum absolute atomic E-state index is 0.120. The van der Waals surface area contributed by atoms with Crippen LogP contribution in [0.25, 0.3) is 10.4 Å². The molecule has 0 spiro atoms. The van der Waals surface area contributed by atoms with Crippen molar-refractivity contribution in [1.29, 1.82) is 0 Å². The molecule has 0 radical (unpaired) electrons. The third-order valence-corrected chi connectivity index (χ3v) is 4.74. The Hall–Kier alpha value is -1.04. The van der Waals surface area contributed by atoms with Crippen LogP contribution in [0, 0.1) is 0 Å². The van der Waals surface area contributed by atoms with Gasteiger partial charge in [-0.05, 0) is 37.7 Å². The molecule has 0 fully saturated rings. The molecule has 114 valence electrons. The maximum Gasteiger partial charge on any atom is 0.416 e. The normalized spacial score (nSPS) is 13.4. The number of alkyl halides is 3. The van der Waals surface area contributed by atoms with Crippen LogP contribution in [0.2, 0.25) is 5.02 Å². The highest BCUT2D eigenvalue weighted by Gasteiger charge is 2.31. The zero-order valence-corrected chi connectivity index (χ0v) is 13.2. The van der Waals surface area contributed by atoms with E-state index in [1.807, 2.05) is 26.0 Å². The van der Waals surface area contributed by atoms with E-state index in [1.165, 1.54) is 17.4 Å². The summed E-state index contributed by atoms with van der Waals surface area (Å²) in [6.45, 7) is 4.93. The third-order valence-electron chi connectivity index (χ3n) is 3.13. The largest absolute Gasteiger partial charge is 0.416 e. The molecule has 0 saturated heterocycles. The maximum atomic E-state index is 12.6. The highest BCUT2D eigenvalue weighted by molar-refractivity contribution is 7.15. The van der Waals surface area contributed by atoms with Crippen molar-refractivity contribution in [3.8, 4) is 10.4 Å². The van der Waals surface area contributed by atoms with Gasteiger partial charge < -0.3 is 5.32 Å². The predicted molar refractivity (Wildman–Crippen MR) is 81.9 cm³/mol. The molecule has 6 heteroatoms. The first-order valence-corrected chi connectivity index (χ1v) is 7.72. The molecular formula is C15H15ClF3NS. The molecule has 2 aromatic rings. The summed E-state index contributed by atoms with van der Waals surface area (Å²) < 4.78 is 37.9. The SMILES string of the molecule is CCNC(C)c1ccc(-c2ccc(C(F)(F)F)cc2Cl)s1. The van der Waals surface area contributed by atoms with Crippen molar-refractivity contribution in [1.82, 2.24) is 5.32 Å². The van der Waals surface area contributed by atoms with Crippen LogP contribution in [-0.4, -0.2) is 6.54 Å². The van der Waals surface area contributed by atoms with Gasteiger partial charge in [0.05, 0.1) is 5.56 Å². The minimum Gasteiger partial charge on any atom is -0.310 e. The molecule has 0 bridgehead atoms. The summed E-state index contributed by atoms with van der Waals surface area (Å²) in [6, 6.07) is 7.54. The topological polar surface area (TPSA) is 12.0 Å². The van der Waals surface area contributed by atoms with Gasteiger partial charge in [-0.3, -0.25) is 0 Å². The molecule has 1 atom stereocenters. The van der Waals surface area contributed by atoms with Crippen LogP contribution >= 0.6 is 22.9 Å². The molecule has 0 aliphatic heterocycles. The van der Waals surface area contributed by atoms with Crippen molar-refractivity contribution in [2.75, 3.05) is 6.54 Å². The number of nitrogens with one attached hydrogen (secondary N) is 1. The summed E-state index contributed by atoms with van der Waals surface area (Å²) in [5, 5.41) is 3.42. The Bertz CT molecular complexity index is 622. The summed E-state index contributed by atoms with van der Waals surface area (Å²) in [5.41, 5.74) is -0.0985. The molecular weight excluding hydrogens is 319 g/mol. The van der Waals surface area contributed by atoms with Gasteiger partial charge in [0.15, 0.2) is 0 Å². The van der Waals surface area contributed by atoms with Gasteiger partial charge in [-0.25, -0.2) is 0 Å². The second kappa shape index (κ2) is 6.38. The Kier molecular flexibility index (Phi) is 4.96. The molecule has 2 rings (SSSR count). The first-order valence-electron chi connectivity index (χ1n) is 6.53. The van der Waals surface area contributed by atoms with Crippen molar-refractivity contribution >= 4 is 22.9 Å².